The topological polar surface area (TPSA) is 61.7 Å². The van der Waals surface area contributed by atoms with Crippen LogP contribution in [-0.4, -0.2) is 52.9 Å². The molecule has 0 unspecified atom stereocenters. The number of likely N-dealkylation sites (tertiary alicyclic amines) is 1. The molecule has 38 heavy (non-hydrogen) atoms. The highest BCUT2D eigenvalue weighted by Gasteiger charge is 2.19. The Bertz CT molecular complexity index is 1390. The second kappa shape index (κ2) is 12.7. The quantitative estimate of drug-likeness (QED) is 0.256. The first kappa shape index (κ1) is 28.8. The van der Waals surface area contributed by atoms with Gasteiger partial charge in [0.25, 0.3) is 5.91 Å². The van der Waals surface area contributed by atoms with Crippen LogP contribution in [0.25, 0.3) is 26.4 Å². The van der Waals surface area contributed by atoms with Gasteiger partial charge in [-0.2, -0.15) is 0 Å². The molecule has 6 nitrogen and oxygen atoms in total. The maximum atomic E-state index is 15.0. The van der Waals surface area contributed by atoms with Gasteiger partial charge in [-0.3, -0.25) is 9.20 Å². The Balaban J connectivity index is 0.00000168. The van der Waals surface area contributed by atoms with Crippen LogP contribution in [-0.2, 0) is 0 Å². The third kappa shape index (κ3) is 6.00. The number of piperidine rings is 1. The standard InChI is InChI=1S/C28H32FN5OS.2ClH/c29-22-16-19(23-6-4-11-30-23)7-9-21(22)24-18-34-25-10-8-20(17-26(25)36-28(34)32-24)27(35)31-12-5-15-33-13-2-1-3-14-33;;/h7-10,16-18,23,30H,1-6,11-15H2,(H,31,35);2*1H/t23-;;/m1../s1. The third-order valence-electron chi connectivity index (χ3n) is 7.47. The summed E-state index contributed by atoms with van der Waals surface area (Å²) in [6.07, 6.45) is 8.95. The van der Waals surface area contributed by atoms with Crippen LogP contribution in [0.15, 0.2) is 42.6 Å². The molecule has 1 amide bonds. The molecule has 4 aromatic rings. The molecule has 2 aromatic carbocycles. The lowest BCUT2D eigenvalue weighted by molar-refractivity contribution is 0.0951. The van der Waals surface area contributed by atoms with Crippen molar-refractivity contribution in [2.75, 3.05) is 32.7 Å². The van der Waals surface area contributed by atoms with Crippen molar-refractivity contribution in [3.63, 3.8) is 0 Å². The van der Waals surface area contributed by atoms with Crippen LogP contribution in [0, 0.1) is 5.82 Å². The molecule has 0 saturated carbocycles. The molecule has 2 fully saturated rings. The van der Waals surface area contributed by atoms with Gasteiger partial charge in [0, 0.05) is 29.9 Å². The Kier molecular flexibility index (Phi) is 9.65. The van der Waals surface area contributed by atoms with Crippen molar-refractivity contribution in [3.8, 4) is 11.3 Å². The van der Waals surface area contributed by atoms with E-state index in [9.17, 15) is 9.18 Å². The molecule has 2 saturated heterocycles. The average Bonchev–Trinajstić information content (AvgIpc) is 3.63. The number of fused-ring (bicyclic) bond motifs is 3. The van der Waals surface area contributed by atoms with Crippen LogP contribution in [0.5, 0.6) is 0 Å². The normalized spacial score (nSPS) is 17.9. The summed E-state index contributed by atoms with van der Waals surface area (Å²) in [5, 5.41) is 6.48. The zero-order chi connectivity index (χ0) is 24.5. The number of amides is 1. The van der Waals surface area contributed by atoms with Gasteiger partial charge in [-0.25, -0.2) is 9.37 Å². The minimum absolute atomic E-state index is 0. The van der Waals surface area contributed by atoms with Gasteiger partial charge in [0.2, 0.25) is 0 Å². The van der Waals surface area contributed by atoms with Crippen LogP contribution >= 0.6 is 36.2 Å². The summed E-state index contributed by atoms with van der Waals surface area (Å²) in [5.74, 6) is -0.281. The van der Waals surface area contributed by atoms with E-state index in [1.54, 1.807) is 6.07 Å². The lowest BCUT2D eigenvalue weighted by atomic mass is 10.0. The number of hydrogen-bond acceptors (Lipinski definition) is 5. The SMILES string of the molecule is Cl.Cl.O=C(NCCCN1CCCCC1)c1ccc2c(c1)sc1nc(-c3ccc([C@H]4CCCN4)cc3F)cn12. The lowest BCUT2D eigenvalue weighted by Gasteiger charge is -2.26. The molecule has 2 aliphatic rings. The summed E-state index contributed by atoms with van der Waals surface area (Å²) in [5.41, 5.74) is 3.77. The maximum Gasteiger partial charge on any atom is 0.251 e. The Morgan fingerprint density at radius 3 is 2.71 bits per heavy atom. The minimum Gasteiger partial charge on any atom is -0.352 e. The van der Waals surface area contributed by atoms with Crippen molar-refractivity contribution < 1.29 is 9.18 Å². The minimum atomic E-state index is -0.240. The van der Waals surface area contributed by atoms with Crippen molar-refractivity contribution >= 4 is 57.2 Å². The average molecular weight is 579 g/mol. The molecular weight excluding hydrogens is 544 g/mol. The van der Waals surface area contributed by atoms with E-state index in [2.05, 4.69) is 15.5 Å². The number of rotatable bonds is 7. The molecule has 10 heteroatoms. The summed E-state index contributed by atoms with van der Waals surface area (Å²) in [4.78, 5) is 20.7. The highest BCUT2D eigenvalue weighted by molar-refractivity contribution is 7.23. The fraction of sp³-hybridized carbons (Fsp3) is 0.429. The van der Waals surface area contributed by atoms with Crippen LogP contribution < -0.4 is 10.6 Å². The summed E-state index contributed by atoms with van der Waals surface area (Å²) in [6.45, 7) is 5.08. The summed E-state index contributed by atoms with van der Waals surface area (Å²) in [6, 6.07) is 11.5. The molecule has 0 aliphatic carbocycles. The molecule has 2 aromatic heterocycles. The maximum absolute atomic E-state index is 15.0. The van der Waals surface area contributed by atoms with Crippen molar-refractivity contribution in [3.05, 3.63) is 59.5 Å². The van der Waals surface area contributed by atoms with E-state index >= 15 is 0 Å². The number of nitrogens with one attached hydrogen (secondary N) is 2. The van der Waals surface area contributed by atoms with E-state index in [-0.39, 0.29) is 42.6 Å². The largest absolute Gasteiger partial charge is 0.352 e. The van der Waals surface area contributed by atoms with Crippen LogP contribution in [0.3, 0.4) is 0 Å². The molecule has 204 valence electrons. The first-order valence-electron chi connectivity index (χ1n) is 13.1. The second-order valence-corrected chi connectivity index (χ2v) is 11.0. The van der Waals surface area contributed by atoms with Crippen molar-refractivity contribution in [1.82, 2.24) is 24.9 Å². The Morgan fingerprint density at radius 2 is 1.95 bits per heavy atom. The van der Waals surface area contributed by atoms with E-state index in [0.29, 0.717) is 23.4 Å². The van der Waals surface area contributed by atoms with Gasteiger partial charge < -0.3 is 15.5 Å². The number of nitrogens with zero attached hydrogens (tertiary/aromatic N) is 3. The summed E-state index contributed by atoms with van der Waals surface area (Å²) in [7, 11) is 0. The van der Waals surface area contributed by atoms with Gasteiger partial charge in [-0.15, -0.1) is 24.8 Å². The van der Waals surface area contributed by atoms with Gasteiger partial charge in [0.15, 0.2) is 4.96 Å². The van der Waals surface area contributed by atoms with Gasteiger partial charge in [-0.05, 0) is 94.2 Å². The Hall–Kier alpha value is -2.23. The zero-order valence-corrected chi connectivity index (χ0v) is 23.7. The molecule has 1 atom stereocenters. The predicted molar refractivity (Wildman–Crippen MR) is 158 cm³/mol. The monoisotopic (exact) mass is 577 g/mol. The third-order valence-corrected chi connectivity index (χ3v) is 8.49. The van der Waals surface area contributed by atoms with Crippen molar-refractivity contribution in [2.24, 2.45) is 0 Å². The number of benzene rings is 2. The highest BCUT2D eigenvalue weighted by atomic mass is 35.5. The number of aromatic nitrogens is 2. The molecular formula is C28H34Cl2FN5OS. The zero-order valence-electron chi connectivity index (χ0n) is 21.2. The number of carbonyl (C=O) groups is 1. The number of halogens is 3. The lowest BCUT2D eigenvalue weighted by Crippen LogP contribution is -2.33. The summed E-state index contributed by atoms with van der Waals surface area (Å²) < 4.78 is 18.0. The fourth-order valence-electron chi connectivity index (χ4n) is 5.49. The van der Waals surface area contributed by atoms with E-state index in [1.165, 1.54) is 43.7 Å². The first-order valence-corrected chi connectivity index (χ1v) is 13.9. The van der Waals surface area contributed by atoms with Gasteiger partial charge in [0.05, 0.1) is 15.9 Å². The number of hydrogen-bond donors (Lipinski definition) is 2. The molecule has 0 bridgehead atoms. The Morgan fingerprint density at radius 1 is 1.11 bits per heavy atom. The molecule has 2 N–H and O–H groups in total. The van der Waals surface area contributed by atoms with Gasteiger partial charge in [-0.1, -0.05) is 23.8 Å². The highest BCUT2D eigenvalue weighted by Crippen LogP contribution is 2.32. The van der Waals surface area contributed by atoms with Gasteiger partial charge >= 0.3 is 0 Å². The second-order valence-electron chi connectivity index (χ2n) is 9.96. The molecule has 4 heterocycles. The number of carbonyl (C=O) groups excluding carboxylic acids is 1. The van der Waals surface area contributed by atoms with Crippen LogP contribution in [0.4, 0.5) is 4.39 Å². The Labute approximate surface area is 238 Å². The predicted octanol–water partition coefficient (Wildman–Crippen LogP) is 6.23. The van der Waals surface area contributed by atoms with E-state index in [1.807, 2.05) is 40.9 Å². The van der Waals surface area contributed by atoms with E-state index < -0.39 is 0 Å². The molecule has 6 rings (SSSR count). The van der Waals surface area contributed by atoms with E-state index in [0.717, 1.165) is 53.1 Å². The smallest absolute Gasteiger partial charge is 0.251 e. The fourth-order valence-corrected chi connectivity index (χ4v) is 6.53. The van der Waals surface area contributed by atoms with Crippen LogP contribution in [0.1, 0.15) is 60.5 Å². The van der Waals surface area contributed by atoms with Crippen molar-refractivity contribution in [2.45, 2.75) is 44.6 Å². The molecule has 0 radical (unpaired) electrons. The number of imidazole rings is 1. The van der Waals surface area contributed by atoms with Crippen LogP contribution in [0.2, 0.25) is 0 Å². The first-order chi connectivity index (χ1) is 17.7. The molecule has 2 aliphatic heterocycles. The molecule has 0 spiro atoms. The van der Waals surface area contributed by atoms with Gasteiger partial charge in [0.1, 0.15) is 5.82 Å². The van der Waals surface area contributed by atoms with Crippen molar-refractivity contribution in [1.29, 1.82) is 0 Å². The van der Waals surface area contributed by atoms with E-state index in [4.69, 9.17) is 4.98 Å². The number of thiazole rings is 1. The summed E-state index contributed by atoms with van der Waals surface area (Å²) >= 11 is 1.52.